The summed E-state index contributed by atoms with van der Waals surface area (Å²) in [6.07, 6.45) is 46.7. The number of phosphoric ester groups is 2. The van der Waals surface area contributed by atoms with E-state index in [1.165, 1.54) is 116 Å². The predicted molar refractivity (Wildman–Crippen MR) is 358 cm³/mol. The summed E-state index contributed by atoms with van der Waals surface area (Å²) in [5.41, 5.74) is 0. The lowest BCUT2D eigenvalue weighted by molar-refractivity contribution is -0.161. The molecule has 0 aromatic heterocycles. The Morgan fingerprint density at radius 3 is 1.00 bits per heavy atom. The van der Waals surface area contributed by atoms with Crippen molar-refractivity contribution in [3.05, 3.63) is 24.3 Å². The lowest BCUT2D eigenvalue weighted by Crippen LogP contribution is -2.30. The van der Waals surface area contributed by atoms with Crippen LogP contribution in [0.3, 0.4) is 0 Å². The van der Waals surface area contributed by atoms with Crippen molar-refractivity contribution in [3.8, 4) is 0 Å². The number of rotatable bonds is 66. The third-order valence-corrected chi connectivity index (χ3v) is 17.8. The second kappa shape index (κ2) is 60.5. The van der Waals surface area contributed by atoms with Gasteiger partial charge in [0.1, 0.15) is 19.3 Å². The fourth-order valence-corrected chi connectivity index (χ4v) is 11.5. The van der Waals surface area contributed by atoms with Gasteiger partial charge in [-0.2, -0.15) is 0 Å². The number of aliphatic hydroxyl groups excluding tert-OH is 1. The zero-order valence-electron chi connectivity index (χ0n) is 57.4. The summed E-state index contributed by atoms with van der Waals surface area (Å²) >= 11 is 0. The predicted octanol–water partition coefficient (Wildman–Crippen LogP) is 19.4. The Kier molecular flexibility index (Phi) is 58.8. The molecule has 3 N–H and O–H groups in total. The highest BCUT2D eigenvalue weighted by atomic mass is 31.2. The third kappa shape index (κ3) is 62.7. The van der Waals surface area contributed by atoms with Gasteiger partial charge < -0.3 is 33.8 Å². The van der Waals surface area contributed by atoms with Crippen LogP contribution < -0.4 is 0 Å². The minimum atomic E-state index is -4.96. The monoisotopic (exact) mass is 1310 g/mol. The van der Waals surface area contributed by atoms with Crippen molar-refractivity contribution in [1.82, 2.24) is 0 Å². The van der Waals surface area contributed by atoms with E-state index in [1.54, 1.807) is 0 Å². The molecule has 0 radical (unpaired) electrons. The second-order valence-electron chi connectivity index (χ2n) is 25.8. The largest absolute Gasteiger partial charge is 0.472 e. The lowest BCUT2D eigenvalue weighted by Gasteiger charge is -2.21. The number of phosphoric acid groups is 2. The normalized spacial score (nSPS) is 14.7. The van der Waals surface area contributed by atoms with Crippen LogP contribution in [0.15, 0.2) is 24.3 Å². The van der Waals surface area contributed by atoms with Crippen LogP contribution in [-0.2, 0) is 65.4 Å². The molecule has 0 aromatic carbocycles. The van der Waals surface area contributed by atoms with Gasteiger partial charge in [0.15, 0.2) is 12.2 Å². The molecule has 17 nitrogen and oxygen atoms in total. The molecule has 0 aromatic rings. The third-order valence-electron chi connectivity index (χ3n) is 15.9. The summed E-state index contributed by atoms with van der Waals surface area (Å²) < 4.78 is 68.2. The Morgan fingerprint density at radius 1 is 0.371 bits per heavy atom. The van der Waals surface area contributed by atoms with E-state index in [2.05, 4.69) is 72.8 Å². The summed E-state index contributed by atoms with van der Waals surface area (Å²) in [5.74, 6) is 0.0439. The average molecular weight is 1310 g/mol. The number of carbonyl (C=O) groups excluding carboxylic acids is 4. The van der Waals surface area contributed by atoms with Crippen molar-refractivity contribution in [3.63, 3.8) is 0 Å². The van der Waals surface area contributed by atoms with Gasteiger partial charge in [0.05, 0.1) is 26.4 Å². The number of hydrogen-bond donors (Lipinski definition) is 3. The molecule has 0 aliphatic heterocycles. The summed E-state index contributed by atoms with van der Waals surface area (Å²) in [6, 6.07) is 0. The minimum absolute atomic E-state index is 0.0842. The smallest absolute Gasteiger partial charge is 0.462 e. The van der Waals surface area contributed by atoms with Crippen molar-refractivity contribution in [2.24, 2.45) is 17.8 Å². The molecule has 0 spiro atoms. The Hall–Kier alpha value is -2.46. The van der Waals surface area contributed by atoms with E-state index in [1.807, 2.05) is 0 Å². The fourth-order valence-electron chi connectivity index (χ4n) is 9.97. The van der Waals surface area contributed by atoms with Crippen molar-refractivity contribution < 1.29 is 80.2 Å². The minimum Gasteiger partial charge on any atom is -0.462 e. The highest BCUT2D eigenvalue weighted by molar-refractivity contribution is 7.47. The van der Waals surface area contributed by atoms with Crippen molar-refractivity contribution in [1.29, 1.82) is 0 Å². The molecular formula is C70H132O17P2. The van der Waals surface area contributed by atoms with Crippen molar-refractivity contribution in [2.75, 3.05) is 39.6 Å². The average Bonchev–Trinajstić information content (AvgIpc) is 3.66. The first-order valence-electron chi connectivity index (χ1n) is 35.7. The first kappa shape index (κ1) is 86.5. The Bertz CT molecular complexity index is 1840. The zero-order chi connectivity index (χ0) is 65.9. The number of aliphatic hydroxyl groups is 1. The summed E-state index contributed by atoms with van der Waals surface area (Å²) in [4.78, 5) is 72.5. The van der Waals surface area contributed by atoms with Crippen LogP contribution in [0, 0.1) is 17.8 Å². The van der Waals surface area contributed by atoms with Gasteiger partial charge in [-0.25, -0.2) is 9.13 Å². The summed E-state index contributed by atoms with van der Waals surface area (Å²) in [7, 11) is -9.91. The molecule has 0 saturated heterocycles. The van der Waals surface area contributed by atoms with Gasteiger partial charge in [-0.05, 0) is 69.1 Å². The number of hydrogen-bond acceptors (Lipinski definition) is 15. The molecule has 524 valence electrons. The summed E-state index contributed by atoms with van der Waals surface area (Å²) in [5, 5.41) is 10.6. The Morgan fingerprint density at radius 2 is 0.663 bits per heavy atom. The van der Waals surface area contributed by atoms with Crippen molar-refractivity contribution >= 4 is 39.5 Å². The maximum atomic E-state index is 13.0. The van der Waals surface area contributed by atoms with Crippen LogP contribution >= 0.6 is 15.6 Å². The highest BCUT2D eigenvalue weighted by Crippen LogP contribution is 2.45. The first-order valence-corrected chi connectivity index (χ1v) is 38.7. The molecule has 19 heteroatoms. The van der Waals surface area contributed by atoms with Crippen LogP contribution in [0.1, 0.15) is 325 Å². The molecule has 89 heavy (non-hydrogen) atoms. The first-order chi connectivity index (χ1) is 42.8. The number of esters is 4. The van der Waals surface area contributed by atoms with E-state index in [-0.39, 0.29) is 25.7 Å². The lowest BCUT2D eigenvalue weighted by atomic mass is 9.99. The molecule has 0 fully saturated rings. The van der Waals surface area contributed by atoms with Gasteiger partial charge in [-0.15, -0.1) is 0 Å². The molecule has 0 bridgehead atoms. The van der Waals surface area contributed by atoms with Gasteiger partial charge >= 0.3 is 39.5 Å². The molecule has 0 heterocycles. The van der Waals surface area contributed by atoms with E-state index < -0.39 is 97.5 Å². The number of carbonyl (C=O) groups is 4. The zero-order valence-corrected chi connectivity index (χ0v) is 59.2. The van der Waals surface area contributed by atoms with Gasteiger partial charge in [0, 0.05) is 25.7 Å². The van der Waals surface area contributed by atoms with E-state index in [0.29, 0.717) is 37.5 Å². The van der Waals surface area contributed by atoms with Gasteiger partial charge in [0.25, 0.3) is 0 Å². The van der Waals surface area contributed by atoms with Crippen molar-refractivity contribution in [2.45, 2.75) is 343 Å². The standard InChI is InChI=1S/C70H132O17P2/c1-8-10-11-12-13-14-15-16-17-18-19-24-31-39-46-53-69(74)86-65(57-80-67(72)51-44-37-30-23-21-20-22-29-36-43-50-63(7)9-2)59-84-88(76,77)82-55-64(71)56-83-89(78,79)85-60-66(87-70(75)54-47-40-33-26-28-35-42-49-62(5)6)58-81-68(73)52-45-38-32-25-27-34-41-48-61(3)4/h14-17,61-66,71H,8-13,18-60H2,1-7H3,(H,76,77)(H,78,79)/b15-14-,17-16-/t63?,64?,65-,66-/m1/s1. The van der Waals surface area contributed by atoms with Gasteiger partial charge in [-0.1, -0.05) is 272 Å². The van der Waals surface area contributed by atoms with Gasteiger partial charge in [-0.3, -0.25) is 37.3 Å². The highest BCUT2D eigenvalue weighted by Gasteiger charge is 2.30. The van der Waals surface area contributed by atoms with Gasteiger partial charge in [0.2, 0.25) is 0 Å². The van der Waals surface area contributed by atoms with E-state index in [0.717, 1.165) is 115 Å². The van der Waals surface area contributed by atoms with E-state index >= 15 is 0 Å². The number of unbranched alkanes of at least 4 members (excludes halogenated alkanes) is 30. The molecule has 6 atom stereocenters. The molecule has 0 aliphatic carbocycles. The quantitative estimate of drug-likeness (QED) is 0.0169. The number of allylic oxidation sites excluding steroid dienone is 4. The maximum absolute atomic E-state index is 13.0. The second-order valence-corrected chi connectivity index (χ2v) is 28.7. The molecule has 0 saturated carbocycles. The summed E-state index contributed by atoms with van der Waals surface area (Å²) in [6.45, 7) is 11.7. The van der Waals surface area contributed by atoms with Crippen LogP contribution in [0.25, 0.3) is 0 Å². The molecular weight excluding hydrogens is 1170 g/mol. The van der Waals surface area contributed by atoms with Crippen LogP contribution in [0.2, 0.25) is 0 Å². The maximum Gasteiger partial charge on any atom is 0.472 e. The van der Waals surface area contributed by atoms with Crippen LogP contribution in [-0.4, -0.2) is 96.7 Å². The fraction of sp³-hybridized carbons (Fsp3) is 0.886. The Labute approximate surface area is 542 Å². The molecule has 4 unspecified atom stereocenters. The van der Waals surface area contributed by atoms with E-state index in [4.69, 9.17) is 37.0 Å². The van der Waals surface area contributed by atoms with E-state index in [9.17, 15) is 43.2 Å². The molecule has 0 rings (SSSR count). The van der Waals surface area contributed by atoms with Crippen LogP contribution in [0.4, 0.5) is 0 Å². The van der Waals surface area contributed by atoms with Crippen LogP contribution in [0.5, 0.6) is 0 Å². The topological polar surface area (TPSA) is 237 Å². The molecule has 0 aliphatic rings. The number of ether oxygens (including phenoxy) is 4. The Balaban J connectivity index is 5.29. The SMILES string of the molecule is CCCCCC/C=C\C=C/CCCCCCCC(=O)O[C@H](COC(=O)CCCCCCCCCCCCC(C)CC)COP(=O)(O)OCC(O)COP(=O)(O)OC[C@@H](COC(=O)CCCCCCCCCC(C)C)OC(=O)CCCCCCCCCC(C)C. The molecule has 0 amide bonds.